The molecule has 1 rings (SSSR count). The molecular formula is C3H3N3S2. The van der Waals surface area contributed by atoms with Crippen molar-refractivity contribution in [2.24, 2.45) is 0 Å². The normalized spacial score (nSPS) is 9.00. The molecule has 1 aromatic rings. The van der Waals surface area contributed by atoms with E-state index >= 15 is 0 Å². The van der Waals surface area contributed by atoms with Gasteiger partial charge in [-0.05, 0) is 0 Å². The van der Waals surface area contributed by atoms with Gasteiger partial charge in [0.05, 0.1) is 10.7 Å². The van der Waals surface area contributed by atoms with Crippen LogP contribution in [0.25, 0.3) is 0 Å². The van der Waals surface area contributed by atoms with Crippen molar-refractivity contribution >= 4 is 24.4 Å². The first kappa shape index (κ1) is 5.58. The molecule has 0 saturated heterocycles. The van der Waals surface area contributed by atoms with Crippen LogP contribution in [0.15, 0.2) is 6.20 Å². The van der Waals surface area contributed by atoms with E-state index in [0.29, 0.717) is 9.15 Å². The molecule has 1 aromatic heterocycles. The zero-order valence-corrected chi connectivity index (χ0v) is 5.47. The lowest BCUT2D eigenvalue weighted by molar-refractivity contribution is 0.852. The second-order valence-electron chi connectivity index (χ2n) is 1.19. The fourth-order valence-corrected chi connectivity index (χ4v) is 0.496. The molecule has 0 atom stereocenters. The van der Waals surface area contributed by atoms with Crippen molar-refractivity contribution in [2.45, 2.75) is 0 Å². The molecule has 0 saturated carbocycles. The third kappa shape index (κ3) is 0.988. The molecule has 0 radical (unpaired) electrons. The quantitative estimate of drug-likeness (QED) is 0.539. The van der Waals surface area contributed by atoms with Gasteiger partial charge in [-0.15, -0.1) is 0 Å². The van der Waals surface area contributed by atoms with Gasteiger partial charge in [-0.3, -0.25) is 5.10 Å². The summed E-state index contributed by atoms with van der Waals surface area (Å²) in [6.07, 6.45) is 1.49. The van der Waals surface area contributed by atoms with Gasteiger partial charge in [0.1, 0.15) is 4.64 Å². The molecule has 5 heteroatoms. The van der Waals surface area contributed by atoms with Gasteiger partial charge in [-0.1, -0.05) is 24.4 Å². The average molecular weight is 145 g/mol. The average Bonchev–Trinajstić information content (AvgIpc) is 1.77. The molecule has 0 fully saturated rings. The summed E-state index contributed by atoms with van der Waals surface area (Å²) in [5.41, 5.74) is 0. The monoisotopic (exact) mass is 145 g/mol. The van der Waals surface area contributed by atoms with E-state index in [1.807, 2.05) is 0 Å². The first-order chi connectivity index (χ1) is 3.80. The number of aromatic amines is 2. The van der Waals surface area contributed by atoms with Crippen molar-refractivity contribution in [3.05, 3.63) is 15.3 Å². The summed E-state index contributed by atoms with van der Waals surface area (Å²) in [5, 5.41) is 8.62. The van der Waals surface area contributed by atoms with Gasteiger partial charge in [0, 0.05) is 0 Å². The Balaban J connectivity index is 3.59. The fraction of sp³-hybridized carbons (Fsp3) is 0. The van der Waals surface area contributed by atoms with Crippen LogP contribution in [0.1, 0.15) is 0 Å². The Kier molecular flexibility index (Phi) is 1.50. The van der Waals surface area contributed by atoms with E-state index in [0.717, 1.165) is 0 Å². The fourth-order valence-electron chi connectivity index (χ4n) is 0.294. The summed E-state index contributed by atoms with van der Waals surface area (Å²) in [5.74, 6) is 0. The maximum absolute atomic E-state index is 4.74. The summed E-state index contributed by atoms with van der Waals surface area (Å²) in [4.78, 5) is 0. The highest BCUT2D eigenvalue weighted by Crippen LogP contribution is 1.82. The van der Waals surface area contributed by atoms with Gasteiger partial charge in [-0.2, -0.15) is 5.10 Å². The summed E-state index contributed by atoms with van der Waals surface area (Å²) >= 11 is 9.46. The van der Waals surface area contributed by atoms with E-state index < -0.39 is 0 Å². The standard InChI is InChI=1S/C3H3N3S2/c7-2-1-4-6-5-3(2)8/h1H,(H,6,7)(H,4,5,8). The van der Waals surface area contributed by atoms with Crippen LogP contribution in [0, 0.1) is 9.15 Å². The van der Waals surface area contributed by atoms with Crippen LogP contribution in [-0.2, 0) is 0 Å². The number of hydrogen-bond acceptors (Lipinski definition) is 3. The smallest absolute Gasteiger partial charge is 0.138 e. The minimum Gasteiger partial charge on any atom is -0.273 e. The largest absolute Gasteiger partial charge is 0.273 e. The number of H-pyrrole nitrogens is 2. The zero-order chi connectivity index (χ0) is 5.98. The van der Waals surface area contributed by atoms with E-state index in [1.165, 1.54) is 6.20 Å². The van der Waals surface area contributed by atoms with E-state index in [2.05, 4.69) is 15.4 Å². The highest BCUT2D eigenvalue weighted by atomic mass is 32.1. The van der Waals surface area contributed by atoms with Gasteiger partial charge in [-0.25, -0.2) is 5.21 Å². The van der Waals surface area contributed by atoms with Gasteiger partial charge >= 0.3 is 0 Å². The summed E-state index contributed by atoms with van der Waals surface area (Å²) < 4.78 is 1.09. The molecule has 0 amide bonds. The predicted octanol–water partition coefficient (Wildman–Crippen LogP) is 1.20. The van der Waals surface area contributed by atoms with Gasteiger partial charge < -0.3 is 0 Å². The molecule has 0 bridgehead atoms. The Morgan fingerprint density at radius 1 is 1.50 bits per heavy atom. The van der Waals surface area contributed by atoms with Crippen molar-refractivity contribution < 1.29 is 0 Å². The van der Waals surface area contributed by atoms with Crippen LogP contribution in [0.3, 0.4) is 0 Å². The molecule has 0 aliphatic carbocycles. The molecule has 0 aromatic carbocycles. The van der Waals surface area contributed by atoms with Crippen LogP contribution in [-0.4, -0.2) is 15.4 Å². The Hall–Kier alpha value is -0.550. The molecule has 42 valence electrons. The molecule has 8 heavy (non-hydrogen) atoms. The highest BCUT2D eigenvalue weighted by molar-refractivity contribution is 7.73. The molecular weight excluding hydrogens is 142 g/mol. The van der Waals surface area contributed by atoms with E-state index in [-0.39, 0.29) is 0 Å². The van der Waals surface area contributed by atoms with Crippen molar-refractivity contribution in [3.63, 3.8) is 0 Å². The molecule has 0 unspecified atom stereocenters. The van der Waals surface area contributed by atoms with Crippen molar-refractivity contribution in [1.82, 2.24) is 15.4 Å². The van der Waals surface area contributed by atoms with Crippen LogP contribution in [0.4, 0.5) is 0 Å². The molecule has 1 heterocycles. The Bertz CT molecular complexity index is 243. The lowest BCUT2D eigenvalue weighted by atomic mass is 10.7. The number of nitrogens with zero attached hydrogens (tertiary/aromatic N) is 1. The van der Waals surface area contributed by atoms with Gasteiger partial charge in [0.25, 0.3) is 0 Å². The maximum atomic E-state index is 4.74. The maximum Gasteiger partial charge on any atom is 0.138 e. The lowest BCUT2D eigenvalue weighted by Crippen LogP contribution is -1.83. The Morgan fingerprint density at radius 3 is 2.62 bits per heavy atom. The number of rotatable bonds is 0. The Morgan fingerprint density at radius 2 is 2.25 bits per heavy atom. The van der Waals surface area contributed by atoms with Crippen molar-refractivity contribution in [3.8, 4) is 0 Å². The van der Waals surface area contributed by atoms with Gasteiger partial charge in [0.2, 0.25) is 0 Å². The van der Waals surface area contributed by atoms with E-state index in [1.54, 1.807) is 0 Å². The van der Waals surface area contributed by atoms with Crippen LogP contribution in [0.2, 0.25) is 0 Å². The molecule has 3 nitrogen and oxygen atoms in total. The molecule has 0 aliphatic heterocycles. The minimum atomic E-state index is 0.523. The topological polar surface area (TPSA) is 44.5 Å². The minimum absolute atomic E-state index is 0.523. The second kappa shape index (κ2) is 2.15. The lowest BCUT2D eigenvalue weighted by Gasteiger charge is -1.80. The summed E-state index contributed by atoms with van der Waals surface area (Å²) in [6, 6.07) is 0. The summed E-state index contributed by atoms with van der Waals surface area (Å²) in [6.45, 7) is 0. The summed E-state index contributed by atoms with van der Waals surface area (Å²) in [7, 11) is 0. The molecule has 0 aliphatic rings. The first-order valence-electron chi connectivity index (χ1n) is 1.93. The van der Waals surface area contributed by atoms with E-state index in [9.17, 15) is 0 Å². The highest BCUT2D eigenvalue weighted by Gasteiger charge is 1.75. The van der Waals surface area contributed by atoms with Crippen LogP contribution in [0.5, 0.6) is 0 Å². The number of hydrogen-bond donors (Lipinski definition) is 2. The second-order valence-corrected chi connectivity index (χ2v) is 2.04. The first-order valence-corrected chi connectivity index (χ1v) is 2.75. The molecule has 2 N–H and O–H groups in total. The molecule has 0 spiro atoms. The number of nitrogens with one attached hydrogen (secondary N) is 2. The van der Waals surface area contributed by atoms with Crippen molar-refractivity contribution in [2.75, 3.05) is 0 Å². The van der Waals surface area contributed by atoms with Gasteiger partial charge in [0.15, 0.2) is 0 Å². The Labute approximate surface area is 55.7 Å². The zero-order valence-electron chi connectivity index (χ0n) is 3.84. The van der Waals surface area contributed by atoms with Crippen LogP contribution < -0.4 is 0 Å². The third-order valence-electron chi connectivity index (χ3n) is 0.640. The predicted molar refractivity (Wildman–Crippen MR) is 34.6 cm³/mol. The van der Waals surface area contributed by atoms with Crippen molar-refractivity contribution in [1.29, 1.82) is 0 Å². The van der Waals surface area contributed by atoms with E-state index in [4.69, 9.17) is 24.4 Å². The SMILES string of the molecule is S=c1cn[nH][nH]c1=S. The third-order valence-corrected chi connectivity index (χ3v) is 1.40. The van der Waals surface area contributed by atoms with Crippen LogP contribution >= 0.6 is 24.4 Å². The number of aromatic nitrogens is 3.